The van der Waals surface area contributed by atoms with E-state index in [0.29, 0.717) is 0 Å². The Morgan fingerprint density at radius 3 is 2.94 bits per heavy atom. The first-order valence-electron chi connectivity index (χ1n) is 6.53. The van der Waals surface area contributed by atoms with Gasteiger partial charge in [-0.2, -0.15) is 0 Å². The Balaban J connectivity index is 1.80. The van der Waals surface area contributed by atoms with E-state index in [1.54, 1.807) is 22.2 Å². The minimum atomic E-state index is 0.906. The fourth-order valence-electron chi connectivity index (χ4n) is 3.39. The predicted octanol–water partition coefficient (Wildman–Crippen LogP) is 1.14. The zero-order valence-corrected chi connectivity index (χ0v) is 10.4. The molecular weight excluding hydrogens is 193 g/mol. The van der Waals surface area contributed by atoms with Crippen LogP contribution < -0.4 is 5.46 Å². The molecule has 1 nitrogen and oxygen atoms in total. The number of hydrogen-bond donors (Lipinski definition) is 0. The van der Waals surface area contributed by atoms with Gasteiger partial charge in [0.05, 0.1) is 0 Å². The summed E-state index contributed by atoms with van der Waals surface area (Å²) in [5, 5.41) is 0. The summed E-state index contributed by atoms with van der Waals surface area (Å²) in [4.78, 5) is 2.41. The molecule has 0 atom stereocenters. The Morgan fingerprint density at radius 2 is 2.19 bits per heavy atom. The Morgan fingerprint density at radius 1 is 1.38 bits per heavy atom. The van der Waals surface area contributed by atoms with Crippen LogP contribution in [-0.2, 0) is 12.8 Å². The summed E-state index contributed by atoms with van der Waals surface area (Å²) in [5.41, 5.74) is 6.50. The molecule has 84 valence electrons. The van der Waals surface area contributed by atoms with Gasteiger partial charge in [-0.1, -0.05) is 35.0 Å². The molecule has 0 unspecified atom stereocenters. The third-order valence-corrected chi connectivity index (χ3v) is 4.33. The summed E-state index contributed by atoms with van der Waals surface area (Å²) in [6.45, 7) is 4.91. The Labute approximate surface area is 99.1 Å². The van der Waals surface area contributed by atoms with Crippen LogP contribution in [-0.4, -0.2) is 32.3 Å². The first kappa shape index (κ1) is 10.4. The third-order valence-electron chi connectivity index (χ3n) is 4.33. The van der Waals surface area contributed by atoms with Crippen molar-refractivity contribution in [1.82, 2.24) is 4.90 Å². The largest absolute Gasteiger partial charge is 0.306 e. The van der Waals surface area contributed by atoms with Gasteiger partial charge in [0, 0.05) is 13.1 Å². The van der Waals surface area contributed by atoms with E-state index in [1.165, 1.54) is 39.5 Å². The highest BCUT2D eigenvalue weighted by atomic mass is 15.2. The predicted molar refractivity (Wildman–Crippen MR) is 71.2 cm³/mol. The number of likely N-dealkylation sites (tertiary alicyclic amines) is 1. The molecule has 1 fully saturated rings. The summed E-state index contributed by atoms with van der Waals surface area (Å²) in [6, 6.07) is 4.77. The summed E-state index contributed by atoms with van der Waals surface area (Å²) in [5.74, 6) is 0.906. The van der Waals surface area contributed by atoms with E-state index >= 15 is 0 Å². The van der Waals surface area contributed by atoms with E-state index in [0.717, 1.165) is 5.92 Å². The topological polar surface area (TPSA) is 3.24 Å². The van der Waals surface area contributed by atoms with Gasteiger partial charge in [0.2, 0.25) is 0 Å². The molecule has 0 aromatic heterocycles. The van der Waals surface area contributed by atoms with Crippen molar-refractivity contribution in [2.45, 2.75) is 26.1 Å². The molecule has 2 aliphatic rings. The molecular formula is C14H20BN. The molecule has 0 radical (unpaired) electrons. The van der Waals surface area contributed by atoms with Crippen molar-refractivity contribution in [2.75, 3.05) is 20.1 Å². The molecule has 2 aliphatic heterocycles. The maximum absolute atomic E-state index is 2.41. The normalized spacial score (nSPS) is 20.4. The highest BCUT2D eigenvalue weighted by molar-refractivity contribution is 6.56. The van der Waals surface area contributed by atoms with Crippen LogP contribution in [0, 0.1) is 12.8 Å². The van der Waals surface area contributed by atoms with E-state index in [9.17, 15) is 0 Å². The number of benzene rings is 1. The van der Waals surface area contributed by atoms with Crippen molar-refractivity contribution >= 4 is 12.7 Å². The van der Waals surface area contributed by atoms with Crippen molar-refractivity contribution in [3.05, 3.63) is 28.8 Å². The van der Waals surface area contributed by atoms with E-state index in [4.69, 9.17) is 0 Å². The van der Waals surface area contributed by atoms with Crippen LogP contribution in [0.2, 0.25) is 6.32 Å². The van der Waals surface area contributed by atoms with Gasteiger partial charge in [0.15, 0.2) is 7.28 Å². The average molecular weight is 213 g/mol. The Bertz CT molecular complexity index is 407. The Kier molecular flexibility index (Phi) is 2.55. The second kappa shape index (κ2) is 3.92. The number of nitrogens with zero attached hydrogens (tertiary/aromatic N) is 1. The van der Waals surface area contributed by atoms with Crippen LogP contribution in [0.15, 0.2) is 12.1 Å². The van der Waals surface area contributed by atoms with Gasteiger partial charge in [0.1, 0.15) is 0 Å². The zero-order chi connectivity index (χ0) is 11.1. The standard InChI is InChI=1S/C14H20BN/c1-10-13(7-11-8-16(2)9-11)4-3-12-5-6-15-14(10)12/h3-4,11,15H,5-9H2,1-2H3. The molecule has 0 saturated carbocycles. The van der Waals surface area contributed by atoms with E-state index in [1.807, 2.05) is 0 Å². The van der Waals surface area contributed by atoms with E-state index in [-0.39, 0.29) is 0 Å². The van der Waals surface area contributed by atoms with Crippen molar-refractivity contribution in [3.63, 3.8) is 0 Å². The third kappa shape index (κ3) is 1.69. The summed E-state index contributed by atoms with van der Waals surface area (Å²) in [6.07, 6.45) is 3.97. The average Bonchev–Trinajstić information content (AvgIpc) is 2.68. The lowest BCUT2D eigenvalue weighted by atomic mass is 9.69. The van der Waals surface area contributed by atoms with Crippen molar-refractivity contribution in [2.24, 2.45) is 5.92 Å². The maximum atomic E-state index is 2.41. The molecule has 0 amide bonds. The van der Waals surface area contributed by atoms with E-state index in [2.05, 4.69) is 31.0 Å². The van der Waals surface area contributed by atoms with Gasteiger partial charge in [-0.25, -0.2) is 0 Å². The summed E-state index contributed by atoms with van der Waals surface area (Å²) < 4.78 is 0. The van der Waals surface area contributed by atoms with Gasteiger partial charge in [-0.15, -0.1) is 0 Å². The second-order valence-electron chi connectivity index (χ2n) is 5.63. The molecule has 1 aromatic rings. The number of fused-ring (bicyclic) bond motifs is 1. The number of hydrogen-bond acceptors (Lipinski definition) is 1. The molecule has 1 aromatic carbocycles. The minimum absolute atomic E-state index is 0.906. The molecule has 2 heteroatoms. The number of aryl methyl sites for hydroxylation is 1. The lowest BCUT2D eigenvalue weighted by Crippen LogP contribution is -2.44. The summed E-state index contributed by atoms with van der Waals surface area (Å²) >= 11 is 0. The smallest absolute Gasteiger partial charge is 0.158 e. The highest BCUT2D eigenvalue weighted by Gasteiger charge is 2.24. The van der Waals surface area contributed by atoms with Crippen LogP contribution in [0.25, 0.3) is 0 Å². The van der Waals surface area contributed by atoms with Crippen LogP contribution >= 0.6 is 0 Å². The molecule has 0 bridgehead atoms. The van der Waals surface area contributed by atoms with Gasteiger partial charge in [0.25, 0.3) is 0 Å². The first-order chi connectivity index (χ1) is 7.74. The molecule has 16 heavy (non-hydrogen) atoms. The minimum Gasteiger partial charge on any atom is -0.306 e. The van der Waals surface area contributed by atoms with Crippen LogP contribution in [0.5, 0.6) is 0 Å². The molecule has 2 heterocycles. The SMILES string of the molecule is Cc1c(CC2CN(C)C2)ccc2c1BCC2. The molecule has 0 aliphatic carbocycles. The molecule has 3 rings (SSSR count). The van der Waals surface area contributed by atoms with Crippen molar-refractivity contribution in [3.8, 4) is 0 Å². The Hall–Kier alpha value is -0.755. The molecule has 0 N–H and O–H groups in total. The van der Waals surface area contributed by atoms with Crippen molar-refractivity contribution in [1.29, 1.82) is 0 Å². The lowest BCUT2D eigenvalue weighted by Gasteiger charge is -2.36. The first-order valence-corrected chi connectivity index (χ1v) is 6.53. The molecule has 1 saturated heterocycles. The zero-order valence-electron chi connectivity index (χ0n) is 10.4. The maximum Gasteiger partial charge on any atom is 0.158 e. The lowest BCUT2D eigenvalue weighted by molar-refractivity contribution is 0.134. The number of rotatable bonds is 2. The van der Waals surface area contributed by atoms with Gasteiger partial charge in [-0.3, -0.25) is 0 Å². The molecule has 0 spiro atoms. The van der Waals surface area contributed by atoms with E-state index < -0.39 is 0 Å². The van der Waals surface area contributed by atoms with Crippen molar-refractivity contribution < 1.29 is 0 Å². The fourth-order valence-corrected chi connectivity index (χ4v) is 3.39. The fraction of sp³-hybridized carbons (Fsp3) is 0.571. The second-order valence-corrected chi connectivity index (χ2v) is 5.63. The van der Waals surface area contributed by atoms with Crippen LogP contribution in [0.1, 0.15) is 16.7 Å². The van der Waals surface area contributed by atoms with Crippen LogP contribution in [0.4, 0.5) is 0 Å². The quantitative estimate of drug-likeness (QED) is 0.666. The summed E-state index contributed by atoms with van der Waals surface area (Å²) in [7, 11) is 3.53. The van der Waals surface area contributed by atoms with Crippen LogP contribution in [0.3, 0.4) is 0 Å². The monoisotopic (exact) mass is 213 g/mol. The van der Waals surface area contributed by atoms with Gasteiger partial charge < -0.3 is 4.90 Å². The van der Waals surface area contributed by atoms with Gasteiger partial charge in [-0.05, 0) is 38.3 Å². The van der Waals surface area contributed by atoms with Gasteiger partial charge >= 0.3 is 0 Å². The highest BCUT2D eigenvalue weighted by Crippen LogP contribution is 2.22.